The summed E-state index contributed by atoms with van der Waals surface area (Å²) in [6, 6.07) is 8.66. The van der Waals surface area contributed by atoms with Crippen LogP contribution < -0.4 is 16.1 Å². The number of rotatable bonds is 7. The monoisotopic (exact) mass is 549 g/mol. The van der Waals surface area contributed by atoms with Gasteiger partial charge in [0.1, 0.15) is 5.69 Å². The van der Waals surface area contributed by atoms with Crippen LogP contribution in [-0.2, 0) is 9.53 Å². The number of likely N-dealkylation sites (tertiary alicyclic amines) is 1. The number of amides is 3. The van der Waals surface area contributed by atoms with Crippen molar-refractivity contribution in [3.63, 3.8) is 0 Å². The number of urea groups is 1. The van der Waals surface area contributed by atoms with Crippen molar-refractivity contribution in [1.29, 1.82) is 0 Å². The highest BCUT2D eigenvalue weighted by molar-refractivity contribution is 7.19. The molecule has 0 unspecified atom stereocenters. The predicted octanol–water partition coefficient (Wildman–Crippen LogP) is 3.53. The molecule has 2 aliphatic heterocycles. The number of hydrazine groups is 1. The number of benzene rings is 1. The number of carbonyl (C=O) groups is 3. The molecule has 0 atom stereocenters. The molecule has 0 saturated carbocycles. The van der Waals surface area contributed by atoms with Crippen LogP contribution in [0.4, 0.5) is 15.5 Å². The van der Waals surface area contributed by atoms with Gasteiger partial charge in [0, 0.05) is 31.6 Å². The van der Waals surface area contributed by atoms with E-state index in [-0.39, 0.29) is 11.7 Å². The van der Waals surface area contributed by atoms with Gasteiger partial charge in [-0.15, -0.1) is 11.3 Å². The van der Waals surface area contributed by atoms with Crippen molar-refractivity contribution in [2.45, 2.75) is 25.7 Å². The molecule has 4 heterocycles. The number of thiophene rings is 1. The van der Waals surface area contributed by atoms with E-state index >= 15 is 0 Å². The van der Waals surface area contributed by atoms with Crippen LogP contribution in [0.1, 0.15) is 41.6 Å². The average Bonchev–Trinajstić information content (AvgIpc) is 3.66. The molecular weight excluding hydrogens is 518 g/mol. The van der Waals surface area contributed by atoms with E-state index in [1.54, 1.807) is 17.1 Å². The molecule has 39 heavy (non-hydrogen) atoms. The van der Waals surface area contributed by atoms with Crippen LogP contribution in [0, 0.1) is 0 Å². The number of anilines is 2. The number of hydrogen-bond acceptors (Lipinski definition) is 8. The Morgan fingerprint density at radius 1 is 1.00 bits per heavy atom. The number of H-pyrrole nitrogens is 1. The lowest BCUT2D eigenvalue weighted by Gasteiger charge is -2.27. The third-order valence-corrected chi connectivity index (χ3v) is 8.29. The van der Waals surface area contributed by atoms with E-state index < -0.39 is 6.03 Å². The zero-order valence-corrected chi connectivity index (χ0v) is 22.4. The van der Waals surface area contributed by atoms with Gasteiger partial charge >= 0.3 is 6.03 Å². The standard InChI is InChI=1S/C27H31N7O4S/c35-20(9-12-33-10-2-1-3-11-33)29-21-8-7-19(39-21)25-23-24(30-31-25)17-5-4-6-18(22(17)26(23)36)28-27(37)32-34-13-15-38-16-14-34/h4-8H,1-3,9-16H2,(H,29,35)(H,30,31)(H2,28,32,37). The maximum absolute atomic E-state index is 13.6. The second kappa shape index (κ2) is 11.3. The first kappa shape index (κ1) is 25.7. The lowest BCUT2D eigenvalue weighted by atomic mass is 10.1. The number of ether oxygens (including phenoxy) is 1. The molecule has 6 rings (SSSR count). The van der Waals surface area contributed by atoms with E-state index in [0.29, 0.717) is 66.5 Å². The fourth-order valence-corrected chi connectivity index (χ4v) is 6.23. The van der Waals surface area contributed by atoms with Crippen molar-refractivity contribution in [2.75, 3.05) is 56.6 Å². The Morgan fingerprint density at radius 3 is 2.64 bits per heavy atom. The normalized spacial score (nSPS) is 17.5. The van der Waals surface area contributed by atoms with Crippen molar-refractivity contribution in [3.8, 4) is 21.8 Å². The van der Waals surface area contributed by atoms with E-state index in [0.717, 1.165) is 29.5 Å². The lowest BCUT2D eigenvalue weighted by Crippen LogP contribution is -2.49. The number of piperidine rings is 1. The minimum Gasteiger partial charge on any atom is -0.379 e. The molecule has 3 aromatic rings. The van der Waals surface area contributed by atoms with Gasteiger partial charge in [0.2, 0.25) is 5.91 Å². The smallest absolute Gasteiger partial charge is 0.333 e. The van der Waals surface area contributed by atoms with Crippen molar-refractivity contribution in [3.05, 3.63) is 41.5 Å². The minimum atomic E-state index is -0.411. The Bertz CT molecular complexity index is 1390. The van der Waals surface area contributed by atoms with E-state index in [1.807, 2.05) is 18.2 Å². The SMILES string of the molecule is O=C(CCN1CCCCC1)Nc1ccc(-c2n[nH]c3c2C(=O)c2c(NC(=O)NN4CCOCC4)cccc2-3)s1. The Balaban J connectivity index is 1.14. The summed E-state index contributed by atoms with van der Waals surface area (Å²) in [6.45, 7) is 5.19. The van der Waals surface area contributed by atoms with Gasteiger partial charge in [-0.2, -0.15) is 5.10 Å². The maximum Gasteiger partial charge on any atom is 0.333 e. The van der Waals surface area contributed by atoms with Crippen LogP contribution in [0.15, 0.2) is 30.3 Å². The maximum atomic E-state index is 13.6. The molecule has 2 fully saturated rings. The number of ketones is 1. The zero-order chi connectivity index (χ0) is 26.8. The Labute approximate surface area is 229 Å². The number of hydrogen-bond donors (Lipinski definition) is 4. The van der Waals surface area contributed by atoms with Gasteiger partial charge in [0.25, 0.3) is 0 Å². The fourth-order valence-electron chi connectivity index (χ4n) is 5.31. The van der Waals surface area contributed by atoms with E-state index in [9.17, 15) is 14.4 Å². The van der Waals surface area contributed by atoms with Crippen LogP contribution in [0.3, 0.4) is 0 Å². The molecule has 1 aliphatic carbocycles. The summed E-state index contributed by atoms with van der Waals surface area (Å²) in [6.07, 6.45) is 4.12. The van der Waals surface area contributed by atoms with Crippen LogP contribution in [0.2, 0.25) is 0 Å². The second-order valence-corrected chi connectivity index (χ2v) is 11.0. The highest BCUT2D eigenvalue weighted by Crippen LogP contribution is 2.44. The summed E-state index contributed by atoms with van der Waals surface area (Å²) in [5, 5.41) is 15.8. The van der Waals surface area contributed by atoms with Gasteiger partial charge in [-0.3, -0.25) is 20.1 Å². The van der Waals surface area contributed by atoms with Crippen LogP contribution in [-0.4, -0.2) is 83.8 Å². The molecule has 4 N–H and O–H groups in total. The van der Waals surface area contributed by atoms with Crippen LogP contribution in [0.5, 0.6) is 0 Å². The number of morpholine rings is 1. The molecule has 204 valence electrons. The minimum absolute atomic E-state index is 0.0178. The number of aromatic nitrogens is 2. The molecule has 3 amide bonds. The summed E-state index contributed by atoms with van der Waals surface area (Å²) in [5.41, 5.74) is 6.01. The number of carbonyl (C=O) groups excluding carboxylic acids is 3. The van der Waals surface area contributed by atoms with Gasteiger partial charge in [-0.05, 0) is 44.1 Å². The van der Waals surface area contributed by atoms with Crippen molar-refractivity contribution >= 4 is 39.7 Å². The first-order valence-corrected chi connectivity index (χ1v) is 14.2. The van der Waals surface area contributed by atoms with Crippen molar-refractivity contribution < 1.29 is 19.1 Å². The molecule has 1 aromatic carbocycles. The highest BCUT2D eigenvalue weighted by atomic mass is 32.1. The number of fused-ring (bicyclic) bond motifs is 3. The highest BCUT2D eigenvalue weighted by Gasteiger charge is 2.35. The molecule has 2 saturated heterocycles. The van der Waals surface area contributed by atoms with Crippen LogP contribution >= 0.6 is 11.3 Å². The van der Waals surface area contributed by atoms with Gasteiger partial charge in [-0.25, -0.2) is 9.80 Å². The third kappa shape index (κ3) is 5.46. The first-order chi connectivity index (χ1) is 19.1. The summed E-state index contributed by atoms with van der Waals surface area (Å²) >= 11 is 1.39. The largest absolute Gasteiger partial charge is 0.379 e. The average molecular weight is 550 g/mol. The Hall–Kier alpha value is -3.58. The van der Waals surface area contributed by atoms with Gasteiger partial charge in [0.15, 0.2) is 5.78 Å². The summed E-state index contributed by atoms with van der Waals surface area (Å²) in [7, 11) is 0. The first-order valence-electron chi connectivity index (χ1n) is 13.4. The van der Waals surface area contributed by atoms with Crippen molar-refractivity contribution in [1.82, 2.24) is 25.5 Å². The predicted molar refractivity (Wildman–Crippen MR) is 149 cm³/mol. The molecule has 11 nitrogen and oxygen atoms in total. The summed E-state index contributed by atoms with van der Waals surface area (Å²) in [5.74, 6) is -0.220. The van der Waals surface area contributed by atoms with E-state index in [1.165, 1.54) is 30.6 Å². The summed E-state index contributed by atoms with van der Waals surface area (Å²) < 4.78 is 5.31. The lowest BCUT2D eigenvalue weighted by molar-refractivity contribution is -0.116. The van der Waals surface area contributed by atoms with Gasteiger partial charge in [0.05, 0.1) is 45.6 Å². The molecular formula is C27H31N7O4S. The number of aromatic amines is 1. The van der Waals surface area contributed by atoms with Crippen LogP contribution in [0.25, 0.3) is 21.8 Å². The van der Waals surface area contributed by atoms with Gasteiger partial charge < -0.3 is 20.3 Å². The van der Waals surface area contributed by atoms with E-state index in [2.05, 4.69) is 31.2 Å². The third-order valence-electron chi connectivity index (χ3n) is 7.28. The fraction of sp³-hybridized carbons (Fsp3) is 0.407. The zero-order valence-electron chi connectivity index (χ0n) is 21.5. The quantitative estimate of drug-likeness (QED) is 0.277. The number of nitrogens with one attached hydrogen (secondary N) is 4. The van der Waals surface area contributed by atoms with Gasteiger partial charge in [-0.1, -0.05) is 18.6 Å². The molecule has 12 heteroatoms. The second-order valence-electron chi connectivity index (χ2n) is 9.91. The van der Waals surface area contributed by atoms with E-state index in [4.69, 9.17) is 4.74 Å². The molecule has 0 radical (unpaired) electrons. The molecule has 0 bridgehead atoms. The Morgan fingerprint density at radius 2 is 1.82 bits per heavy atom. The topological polar surface area (TPSA) is 132 Å². The molecule has 2 aromatic heterocycles. The molecule has 0 spiro atoms. The summed E-state index contributed by atoms with van der Waals surface area (Å²) in [4.78, 5) is 41.9. The Kier molecular flexibility index (Phi) is 7.42. The molecule has 3 aliphatic rings. The van der Waals surface area contributed by atoms with Crippen molar-refractivity contribution in [2.24, 2.45) is 0 Å². The number of nitrogens with zero attached hydrogens (tertiary/aromatic N) is 3.